The number of nitrogens with one attached hydrogen (secondary N) is 1. The second kappa shape index (κ2) is 9.22. The van der Waals surface area contributed by atoms with Gasteiger partial charge in [0.2, 0.25) is 0 Å². The van der Waals surface area contributed by atoms with Crippen LogP contribution in [0.5, 0.6) is 5.75 Å². The average molecular weight is 406 g/mol. The largest absolute Gasteiger partial charge is 0.481 e. The van der Waals surface area contributed by atoms with Crippen molar-refractivity contribution in [2.24, 2.45) is 0 Å². The lowest BCUT2D eigenvalue weighted by atomic mass is 10.2. The molecule has 2 rings (SSSR count). The first-order valence-electron chi connectivity index (χ1n) is 8.00. The minimum atomic E-state index is -0.663. The van der Waals surface area contributed by atoms with Crippen LogP contribution >= 0.6 is 15.9 Å². The number of anilines is 1. The van der Waals surface area contributed by atoms with Crippen LogP contribution in [0, 0.1) is 0 Å². The molecule has 0 heterocycles. The Morgan fingerprint density at radius 2 is 1.88 bits per heavy atom. The Morgan fingerprint density at radius 1 is 1.16 bits per heavy atom. The number of carbonyl (C=O) groups excluding carboxylic acids is 2. The lowest BCUT2D eigenvalue weighted by Crippen LogP contribution is -2.30. The molecule has 2 aromatic rings. The number of carbonyl (C=O) groups is 2. The van der Waals surface area contributed by atoms with E-state index in [2.05, 4.69) is 21.2 Å². The molecule has 1 N–H and O–H groups in total. The highest BCUT2D eigenvalue weighted by Crippen LogP contribution is 2.19. The summed E-state index contributed by atoms with van der Waals surface area (Å²) >= 11 is 3.36. The van der Waals surface area contributed by atoms with E-state index in [1.165, 1.54) is 0 Å². The minimum absolute atomic E-state index is 0.277. The number of amides is 1. The van der Waals surface area contributed by atoms with Gasteiger partial charge < -0.3 is 14.8 Å². The van der Waals surface area contributed by atoms with E-state index >= 15 is 0 Å². The second-order valence-electron chi connectivity index (χ2n) is 5.42. The van der Waals surface area contributed by atoms with E-state index in [0.717, 1.165) is 10.9 Å². The predicted molar refractivity (Wildman–Crippen MR) is 99.9 cm³/mol. The van der Waals surface area contributed by atoms with Crippen LogP contribution in [0.15, 0.2) is 53.0 Å². The normalized spacial score (nSPS) is 11.5. The topological polar surface area (TPSA) is 64.6 Å². The Hall–Kier alpha value is -2.34. The highest BCUT2D eigenvalue weighted by Gasteiger charge is 2.15. The van der Waals surface area contributed by atoms with Crippen molar-refractivity contribution in [1.29, 1.82) is 0 Å². The SMILES string of the molecule is CCCOC(=O)c1ccc(NC(=O)[C@H](C)Oc2cccc(Br)c2)cc1. The molecule has 0 bridgehead atoms. The highest BCUT2D eigenvalue weighted by molar-refractivity contribution is 9.10. The van der Waals surface area contributed by atoms with Crippen LogP contribution in [-0.2, 0) is 9.53 Å². The summed E-state index contributed by atoms with van der Waals surface area (Å²) in [6.07, 6.45) is 0.110. The van der Waals surface area contributed by atoms with Crippen molar-refractivity contribution in [3.63, 3.8) is 0 Å². The van der Waals surface area contributed by atoms with Gasteiger partial charge in [0.05, 0.1) is 12.2 Å². The fourth-order valence-electron chi connectivity index (χ4n) is 2.01. The van der Waals surface area contributed by atoms with E-state index in [9.17, 15) is 9.59 Å². The first kappa shape index (κ1) is 19.0. The van der Waals surface area contributed by atoms with E-state index in [1.807, 2.05) is 19.1 Å². The number of esters is 1. The highest BCUT2D eigenvalue weighted by atomic mass is 79.9. The molecule has 0 aromatic heterocycles. The number of ether oxygens (including phenoxy) is 2. The fourth-order valence-corrected chi connectivity index (χ4v) is 2.39. The van der Waals surface area contributed by atoms with Crippen molar-refractivity contribution >= 4 is 33.5 Å². The molecule has 0 aliphatic carbocycles. The van der Waals surface area contributed by atoms with Gasteiger partial charge in [0.15, 0.2) is 6.10 Å². The maximum absolute atomic E-state index is 12.2. The molecule has 1 amide bonds. The van der Waals surface area contributed by atoms with E-state index in [0.29, 0.717) is 23.6 Å². The van der Waals surface area contributed by atoms with E-state index in [-0.39, 0.29) is 11.9 Å². The lowest BCUT2D eigenvalue weighted by molar-refractivity contribution is -0.122. The molecule has 0 aliphatic rings. The van der Waals surface area contributed by atoms with Crippen LogP contribution in [0.25, 0.3) is 0 Å². The van der Waals surface area contributed by atoms with Gasteiger partial charge in [-0.25, -0.2) is 4.79 Å². The molecule has 1 atom stereocenters. The molecule has 0 unspecified atom stereocenters. The van der Waals surface area contributed by atoms with Gasteiger partial charge in [0, 0.05) is 10.2 Å². The summed E-state index contributed by atoms with van der Waals surface area (Å²) in [5, 5.41) is 2.76. The zero-order chi connectivity index (χ0) is 18.2. The van der Waals surface area contributed by atoms with Crippen molar-refractivity contribution < 1.29 is 19.1 Å². The molecule has 2 aromatic carbocycles. The molecule has 5 nitrogen and oxygen atoms in total. The van der Waals surface area contributed by atoms with Gasteiger partial charge in [-0.2, -0.15) is 0 Å². The van der Waals surface area contributed by atoms with E-state index in [1.54, 1.807) is 43.3 Å². The number of hydrogen-bond acceptors (Lipinski definition) is 4. The Bertz CT molecular complexity index is 730. The smallest absolute Gasteiger partial charge is 0.338 e. The molecule has 0 fully saturated rings. The zero-order valence-electron chi connectivity index (χ0n) is 14.1. The van der Waals surface area contributed by atoms with Gasteiger partial charge in [-0.15, -0.1) is 0 Å². The number of hydrogen-bond donors (Lipinski definition) is 1. The zero-order valence-corrected chi connectivity index (χ0v) is 15.7. The van der Waals surface area contributed by atoms with E-state index in [4.69, 9.17) is 9.47 Å². The molecular weight excluding hydrogens is 386 g/mol. The Morgan fingerprint density at radius 3 is 2.52 bits per heavy atom. The maximum Gasteiger partial charge on any atom is 0.338 e. The fraction of sp³-hybridized carbons (Fsp3) is 0.263. The molecule has 6 heteroatoms. The Kier molecular flexibility index (Phi) is 7.01. The van der Waals surface area contributed by atoms with Gasteiger partial charge in [-0.05, 0) is 55.8 Å². The van der Waals surface area contributed by atoms with E-state index < -0.39 is 6.10 Å². The third-order valence-electron chi connectivity index (χ3n) is 3.30. The van der Waals surface area contributed by atoms with Gasteiger partial charge in [0.1, 0.15) is 5.75 Å². The van der Waals surface area contributed by atoms with Gasteiger partial charge in [-0.1, -0.05) is 28.9 Å². The predicted octanol–water partition coefficient (Wildman–Crippen LogP) is 4.42. The minimum Gasteiger partial charge on any atom is -0.481 e. The number of rotatable bonds is 7. The summed E-state index contributed by atoms with van der Waals surface area (Å²) in [4.78, 5) is 24.0. The molecule has 0 saturated carbocycles. The summed E-state index contributed by atoms with van der Waals surface area (Å²) in [5.74, 6) is -0.0431. The van der Waals surface area contributed by atoms with Crippen LogP contribution in [0.2, 0.25) is 0 Å². The van der Waals surface area contributed by atoms with Crippen LogP contribution in [0.1, 0.15) is 30.6 Å². The van der Waals surface area contributed by atoms with Gasteiger partial charge in [0.25, 0.3) is 5.91 Å². The molecule has 0 saturated heterocycles. The van der Waals surface area contributed by atoms with Gasteiger partial charge in [-0.3, -0.25) is 4.79 Å². The quantitative estimate of drug-likeness (QED) is 0.692. The third-order valence-corrected chi connectivity index (χ3v) is 3.80. The van der Waals surface area contributed by atoms with Crippen molar-refractivity contribution in [2.45, 2.75) is 26.4 Å². The summed E-state index contributed by atoms with van der Waals surface area (Å²) in [6, 6.07) is 13.8. The van der Waals surface area contributed by atoms with Crippen LogP contribution in [0.4, 0.5) is 5.69 Å². The monoisotopic (exact) mass is 405 g/mol. The Balaban J connectivity index is 1.92. The number of halogens is 1. The third kappa shape index (κ3) is 5.90. The van der Waals surface area contributed by atoms with Crippen molar-refractivity contribution in [1.82, 2.24) is 0 Å². The van der Waals surface area contributed by atoms with Crippen molar-refractivity contribution in [3.05, 3.63) is 58.6 Å². The van der Waals surface area contributed by atoms with Crippen LogP contribution in [0.3, 0.4) is 0 Å². The molecule has 132 valence electrons. The second-order valence-corrected chi connectivity index (χ2v) is 6.34. The van der Waals surface area contributed by atoms with Crippen molar-refractivity contribution in [2.75, 3.05) is 11.9 Å². The summed E-state index contributed by atoms with van der Waals surface area (Å²) in [5.41, 5.74) is 1.03. The van der Waals surface area contributed by atoms with Gasteiger partial charge >= 0.3 is 5.97 Å². The molecular formula is C19H20BrNO4. The summed E-state index contributed by atoms with van der Waals surface area (Å²) < 4.78 is 11.6. The number of benzene rings is 2. The van der Waals surface area contributed by atoms with Crippen molar-refractivity contribution in [3.8, 4) is 5.75 Å². The lowest BCUT2D eigenvalue weighted by Gasteiger charge is -2.15. The molecule has 0 aliphatic heterocycles. The average Bonchev–Trinajstić information content (AvgIpc) is 2.60. The first-order valence-corrected chi connectivity index (χ1v) is 8.79. The standard InChI is InChI=1S/C19H20BrNO4/c1-3-11-24-19(23)14-7-9-16(10-8-14)21-18(22)13(2)25-17-6-4-5-15(20)12-17/h4-10,12-13H,3,11H2,1-2H3,(H,21,22)/t13-/m0/s1. The molecule has 0 radical (unpaired) electrons. The first-order chi connectivity index (χ1) is 12.0. The maximum atomic E-state index is 12.2. The summed E-state index contributed by atoms with van der Waals surface area (Å²) in [7, 11) is 0. The van der Waals surface area contributed by atoms with Crippen LogP contribution in [-0.4, -0.2) is 24.6 Å². The molecule has 0 spiro atoms. The van der Waals surface area contributed by atoms with Crippen LogP contribution < -0.4 is 10.1 Å². The summed E-state index contributed by atoms with van der Waals surface area (Å²) in [6.45, 7) is 4.00. The Labute approximate surface area is 155 Å². The molecule has 25 heavy (non-hydrogen) atoms.